The molecule has 1 fully saturated rings. The highest BCUT2D eigenvalue weighted by Crippen LogP contribution is 2.06. The third-order valence-corrected chi connectivity index (χ3v) is 2.99. The van der Waals surface area contributed by atoms with Gasteiger partial charge in [0.2, 0.25) is 0 Å². The number of rotatable bonds is 5. The molecule has 0 aromatic rings. The molecule has 0 aromatic heterocycles. The summed E-state index contributed by atoms with van der Waals surface area (Å²) < 4.78 is 5.35. The van der Waals surface area contributed by atoms with Crippen molar-refractivity contribution in [2.75, 3.05) is 46.4 Å². The van der Waals surface area contributed by atoms with Crippen molar-refractivity contribution in [2.24, 2.45) is 0 Å². The molecule has 0 bridgehead atoms. The van der Waals surface area contributed by atoms with Crippen LogP contribution in [0, 0.1) is 0 Å². The summed E-state index contributed by atoms with van der Waals surface area (Å²) in [5, 5.41) is 0. The second-order valence-corrected chi connectivity index (χ2v) is 4.70. The molecule has 0 aromatic carbocycles. The van der Waals surface area contributed by atoms with E-state index in [0.29, 0.717) is 0 Å². The quantitative estimate of drug-likeness (QED) is 0.703. The summed E-state index contributed by atoms with van der Waals surface area (Å²) in [5.41, 5.74) is 0. The lowest BCUT2D eigenvalue weighted by Crippen LogP contribution is -2.46. The summed E-state index contributed by atoms with van der Waals surface area (Å²) in [4.78, 5) is 4.96. The minimum Gasteiger partial charge on any atom is -0.500 e. The highest BCUT2D eigenvalue weighted by Gasteiger charge is 2.16. The van der Waals surface area contributed by atoms with Gasteiger partial charge in [0.1, 0.15) is 5.76 Å². The Labute approximate surface area is 114 Å². The fourth-order valence-corrected chi connectivity index (χ4v) is 1.92. The van der Waals surface area contributed by atoms with Crippen LogP contribution >= 0.6 is 0 Å². The highest BCUT2D eigenvalue weighted by molar-refractivity contribution is 4.95. The Morgan fingerprint density at radius 2 is 1.50 bits per heavy atom. The van der Waals surface area contributed by atoms with E-state index in [1.807, 2.05) is 0 Å². The highest BCUT2D eigenvalue weighted by atomic mass is 16.5. The van der Waals surface area contributed by atoms with E-state index in [1.165, 1.54) is 26.1 Å². The van der Waals surface area contributed by atoms with E-state index in [1.54, 1.807) is 7.11 Å². The van der Waals surface area contributed by atoms with E-state index in [0.717, 1.165) is 31.8 Å². The molecule has 1 aliphatic heterocycles. The van der Waals surface area contributed by atoms with Gasteiger partial charge in [-0.05, 0) is 19.0 Å². The summed E-state index contributed by atoms with van der Waals surface area (Å²) in [6.45, 7) is 15.5. The Bertz CT molecular complexity index is 209. The Kier molecular flexibility index (Phi) is 11.2. The molecule has 18 heavy (non-hydrogen) atoms. The Balaban J connectivity index is 0.000000873. The molecular weight excluding hydrogens is 224 g/mol. The molecule has 0 radical (unpaired) electrons. The van der Waals surface area contributed by atoms with Crippen LogP contribution in [0.15, 0.2) is 11.8 Å². The van der Waals surface area contributed by atoms with Gasteiger partial charge in [0.05, 0.1) is 13.7 Å². The molecule has 1 rings (SSSR count). The maximum atomic E-state index is 5.35. The first-order chi connectivity index (χ1) is 8.71. The molecule has 0 amide bonds. The van der Waals surface area contributed by atoms with Gasteiger partial charge in [0.25, 0.3) is 0 Å². The molecule has 3 heteroatoms. The van der Waals surface area contributed by atoms with Crippen molar-refractivity contribution in [1.29, 1.82) is 0 Å². The third kappa shape index (κ3) is 7.72. The molecule has 0 unspecified atom stereocenters. The van der Waals surface area contributed by atoms with E-state index in [2.05, 4.69) is 43.6 Å². The molecule has 3 nitrogen and oxygen atoms in total. The van der Waals surface area contributed by atoms with Crippen LogP contribution in [0.5, 0.6) is 0 Å². The fraction of sp³-hybridized carbons (Fsp3) is 0.867. The lowest BCUT2D eigenvalue weighted by atomic mass is 10.3. The standard InChI is InChI=1S/C12H24N2O.C3H8/c1-4-6-12(15-3)11-14-9-7-13(5-2)8-10-14;1-3-2/h6H,4-5,7-11H2,1-3H3;3H2,1-2H3/b12-6+;. The first-order valence-electron chi connectivity index (χ1n) is 7.39. The van der Waals surface area contributed by atoms with E-state index >= 15 is 0 Å². The van der Waals surface area contributed by atoms with Gasteiger partial charge in [-0.15, -0.1) is 0 Å². The monoisotopic (exact) mass is 256 g/mol. The van der Waals surface area contributed by atoms with Crippen molar-refractivity contribution in [2.45, 2.75) is 40.5 Å². The summed E-state index contributed by atoms with van der Waals surface area (Å²) >= 11 is 0. The maximum Gasteiger partial charge on any atom is 0.106 e. The molecule has 0 spiro atoms. The Morgan fingerprint density at radius 3 is 1.89 bits per heavy atom. The molecule has 1 saturated heterocycles. The van der Waals surface area contributed by atoms with Gasteiger partial charge in [0, 0.05) is 26.2 Å². The van der Waals surface area contributed by atoms with Gasteiger partial charge >= 0.3 is 0 Å². The predicted molar refractivity (Wildman–Crippen MR) is 79.9 cm³/mol. The van der Waals surface area contributed by atoms with Crippen LogP contribution in [0.1, 0.15) is 40.5 Å². The van der Waals surface area contributed by atoms with E-state index in [4.69, 9.17) is 4.74 Å². The van der Waals surface area contributed by atoms with Crippen molar-refractivity contribution < 1.29 is 4.74 Å². The number of likely N-dealkylation sites (N-methyl/N-ethyl adjacent to an activating group) is 1. The number of hydrogen-bond acceptors (Lipinski definition) is 3. The number of hydrogen-bond donors (Lipinski definition) is 0. The van der Waals surface area contributed by atoms with Crippen LogP contribution in [0.4, 0.5) is 0 Å². The first kappa shape index (κ1) is 17.5. The molecule has 108 valence electrons. The largest absolute Gasteiger partial charge is 0.500 e. The van der Waals surface area contributed by atoms with Crippen LogP contribution < -0.4 is 0 Å². The minimum absolute atomic E-state index is 0.974. The average Bonchev–Trinajstić information content (AvgIpc) is 2.40. The zero-order chi connectivity index (χ0) is 13.8. The predicted octanol–water partition coefficient (Wildman–Crippen LogP) is 2.98. The van der Waals surface area contributed by atoms with Crippen molar-refractivity contribution in [1.82, 2.24) is 9.80 Å². The SMILES string of the molecule is CC/C=C(\CN1CCN(CC)CC1)OC.CCC. The lowest BCUT2D eigenvalue weighted by Gasteiger charge is -2.34. The molecule has 0 saturated carbocycles. The van der Waals surface area contributed by atoms with Crippen LogP contribution in [0.25, 0.3) is 0 Å². The summed E-state index contributed by atoms with van der Waals surface area (Å²) in [7, 11) is 1.77. The minimum atomic E-state index is 0.974. The zero-order valence-electron chi connectivity index (χ0n) is 13.0. The number of methoxy groups -OCH3 is 1. The van der Waals surface area contributed by atoms with Crippen molar-refractivity contribution >= 4 is 0 Å². The van der Waals surface area contributed by atoms with Gasteiger partial charge in [0.15, 0.2) is 0 Å². The van der Waals surface area contributed by atoms with E-state index < -0.39 is 0 Å². The van der Waals surface area contributed by atoms with Crippen LogP contribution in [-0.2, 0) is 4.74 Å². The molecule has 1 heterocycles. The van der Waals surface area contributed by atoms with Gasteiger partial charge in [-0.25, -0.2) is 0 Å². The number of allylic oxidation sites excluding steroid dienone is 1. The van der Waals surface area contributed by atoms with Gasteiger partial charge < -0.3 is 9.64 Å². The van der Waals surface area contributed by atoms with Gasteiger partial charge in [-0.3, -0.25) is 4.90 Å². The molecule has 0 aliphatic carbocycles. The van der Waals surface area contributed by atoms with Crippen LogP contribution in [-0.4, -0.2) is 56.2 Å². The average molecular weight is 256 g/mol. The summed E-state index contributed by atoms with van der Waals surface area (Å²) in [6.07, 6.45) is 4.48. The second kappa shape index (κ2) is 11.5. The van der Waals surface area contributed by atoms with Crippen molar-refractivity contribution in [3.63, 3.8) is 0 Å². The number of nitrogens with zero attached hydrogens (tertiary/aromatic N) is 2. The second-order valence-electron chi connectivity index (χ2n) is 4.70. The lowest BCUT2D eigenvalue weighted by molar-refractivity contribution is 0.127. The third-order valence-electron chi connectivity index (χ3n) is 2.99. The normalized spacial score (nSPS) is 18.2. The van der Waals surface area contributed by atoms with Crippen molar-refractivity contribution in [3.8, 4) is 0 Å². The topological polar surface area (TPSA) is 15.7 Å². The molecular formula is C15H32N2O. The van der Waals surface area contributed by atoms with Gasteiger partial charge in [-0.1, -0.05) is 34.1 Å². The first-order valence-corrected chi connectivity index (χ1v) is 7.39. The maximum absolute atomic E-state index is 5.35. The molecule has 0 atom stereocenters. The zero-order valence-corrected chi connectivity index (χ0v) is 13.0. The van der Waals surface area contributed by atoms with E-state index in [9.17, 15) is 0 Å². The Morgan fingerprint density at radius 1 is 1.00 bits per heavy atom. The number of piperazine rings is 1. The number of ether oxygens (including phenoxy) is 1. The molecule has 1 aliphatic rings. The van der Waals surface area contributed by atoms with Crippen LogP contribution in [0.2, 0.25) is 0 Å². The molecule has 0 N–H and O–H groups in total. The van der Waals surface area contributed by atoms with E-state index in [-0.39, 0.29) is 0 Å². The fourth-order valence-electron chi connectivity index (χ4n) is 1.92. The smallest absolute Gasteiger partial charge is 0.106 e. The Hall–Kier alpha value is -0.540. The van der Waals surface area contributed by atoms with Gasteiger partial charge in [-0.2, -0.15) is 0 Å². The van der Waals surface area contributed by atoms with Crippen molar-refractivity contribution in [3.05, 3.63) is 11.8 Å². The summed E-state index contributed by atoms with van der Waals surface area (Å²) in [6, 6.07) is 0. The summed E-state index contributed by atoms with van der Waals surface area (Å²) in [5.74, 6) is 1.11. The van der Waals surface area contributed by atoms with Crippen LogP contribution in [0.3, 0.4) is 0 Å².